The smallest absolute Gasteiger partial charge is 0.210 e. The molecule has 0 aliphatic rings. The Balaban J connectivity index is 1.35. The van der Waals surface area contributed by atoms with Gasteiger partial charge in [-0.3, -0.25) is 0 Å². The van der Waals surface area contributed by atoms with Crippen LogP contribution in [0.2, 0.25) is 0 Å². The molecule has 0 spiro atoms. The van der Waals surface area contributed by atoms with Crippen LogP contribution in [0.5, 0.6) is 0 Å². The summed E-state index contributed by atoms with van der Waals surface area (Å²) >= 11 is 3.01. The van der Waals surface area contributed by atoms with E-state index in [2.05, 4.69) is 65.5 Å². The normalized spacial score (nSPS) is 12.4. The summed E-state index contributed by atoms with van der Waals surface area (Å²) in [6, 6.07) is 12.4. The Labute approximate surface area is 178 Å². The number of anilines is 2. The number of imidazole rings is 1. The van der Waals surface area contributed by atoms with E-state index in [1.54, 1.807) is 6.33 Å². The molecule has 0 aliphatic carbocycles. The summed E-state index contributed by atoms with van der Waals surface area (Å²) in [6.45, 7) is 6.73. The van der Waals surface area contributed by atoms with E-state index in [4.69, 9.17) is 0 Å². The minimum Gasteiger partial charge on any atom is -0.390 e. The molecule has 0 saturated carbocycles. The Morgan fingerprint density at radius 3 is 2.79 bits per heavy atom. The fourth-order valence-electron chi connectivity index (χ4n) is 3.07. The van der Waals surface area contributed by atoms with Gasteiger partial charge in [0.15, 0.2) is 4.34 Å². The van der Waals surface area contributed by atoms with Gasteiger partial charge in [0, 0.05) is 11.4 Å². The van der Waals surface area contributed by atoms with Crippen molar-refractivity contribution in [3.63, 3.8) is 0 Å². The summed E-state index contributed by atoms with van der Waals surface area (Å²) in [4.78, 5) is 4.46. The molecule has 0 amide bonds. The van der Waals surface area contributed by atoms with Gasteiger partial charge in [0.2, 0.25) is 5.13 Å². The standard InChI is InChI=1S/C21H23N5OS2/c1-13-5-4-6-16(7-13)23-20-24-25-21(29-20)28-11-17(27)10-26-12-22-18-8-14(2)15(3)9-19(18)26/h4-9,12,17,27H,10-11H2,1-3H3,(H,23,24). The van der Waals surface area contributed by atoms with Crippen LogP contribution in [-0.4, -0.2) is 36.7 Å². The number of nitrogens with zero attached hydrogens (tertiary/aromatic N) is 4. The molecule has 2 aromatic carbocycles. The summed E-state index contributed by atoms with van der Waals surface area (Å²) < 4.78 is 2.85. The Kier molecular flexibility index (Phi) is 5.84. The minimum atomic E-state index is -0.504. The summed E-state index contributed by atoms with van der Waals surface area (Å²) in [5, 5.41) is 22.9. The van der Waals surface area contributed by atoms with E-state index in [0.29, 0.717) is 12.3 Å². The average Bonchev–Trinajstić information content (AvgIpc) is 3.28. The van der Waals surface area contributed by atoms with Crippen LogP contribution in [0.3, 0.4) is 0 Å². The summed E-state index contributed by atoms with van der Waals surface area (Å²) in [5.74, 6) is 0.545. The first kappa shape index (κ1) is 19.9. The predicted molar refractivity (Wildman–Crippen MR) is 120 cm³/mol. The molecule has 150 valence electrons. The molecule has 4 aromatic rings. The number of aliphatic hydroxyl groups excluding tert-OH is 1. The first-order chi connectivity index (χ1) is 14.0. The lowest BCUT2D eigenvalue weighted by atomic mass is 10.1. The molecule has 0 bridgehead atoms. The van der Waals surface area contributed by atoms with E-state index in [1.807, 2.05) is 16.7 Å². The molecule has 0 radical (unpaired) electrons. The Bertz CT molecular complexity index is 1140. The topological polar surface area (TPSA) is 75.9 Å². The first-order valence-corrected chi connectivity index (χ1v) is 11.2. The van der Waals surface area contributed by atoms with Gasteiger partial charge in [-0.2, -0.15) is 0 Å². The number of hydrogen-bond donors (Lipinski definition) is 2. The third kappa shape index (κ3) is 4.77. The molecule has 29 heavy (non-hydrogen) atoms. The number of thioether (sulfide) groups is 1. The Morgan fingerprint density at radius 2 is 1.97 bits per heavy atom. The number of hydrogen-bond acceptors (Lipinski definition) is 7. The molecule has 2 heterocycles. The zero-order valence-electron chi connectivity index (χ0n) is 16.6. The lowest BCUT2D eigenvalue weighted by molar-refractivity contribution is 0.179. The number of rotatable bonds is 7. The van der Waals surface area contributed by atoms with Gasteiger partial charge in [-0.25, -0.2) is 4.98 Å². The lowest BCUT2D eigenvalue weighted by Crippen LogP contribution is -2.18. The molecule has 4 rings (SSSR count). The highest BCUT2D eigenvalue weighted by molar-refractivity contribution is 8.01. The zero-order chi connectivity index (χ0) is 20.4. The van der Waals surface area contributed by atoms with Crippen LogP contribution in [-0.2, 0) is 6.54 Å². The van der Waals surface area contributed by atoms with Crippen molar-refractivity contribution < 1.29 is 5.11 Å². The SMILES string of the molecule is Cc1cccc(Nc2nnc(SCC(O)Cn3cnc4cc(C)c(C)cc43)s2)c1. The van der Waals surface area contributed by atoms with E-state index in [-0.39, 0.29) is 0 Å². The zero-order valence-corrected chi connectivity index (χ0v) is 18.2. The maximum absolute atomic E-state index is 10.5. The molecular formula is C21H23N5OS2. The number of aryl methyl sites for hydroxylation is 3. The average molecular weight is 426 g/mol. The van der Waals surface area contributed by atoms with Gasteiger partial charge < -0.3 is 15.0 Å². The number of fused-ring (bicyclic) bond motifs is 1. The highest BCUT2D eigenvalue weighted by Gasteiger charge is 2.12. The predicted octanol–water partition coefficient (Wildman–Crippen LogP) is 4.71. The molecule has 8 heteroatoms. The van der Waals surface area contributed by atoms with Gasteiger partial charge in [-0.1, -0.05) is 35.2 Å². The van der Waals surface area contributed by atoms with Crippen molar-refractivity contribution in [2.24, 2.45) is 0 Å². The van der Waals surface area contributed by atoms with Crippen LogP contribution < -0.4 is 5.32 Å². The Morgan fingerprint density at radius 1 is 1.14 bits per heavy atom. The number of benzene rings is 2. The lowest BCUT2D eigenvalue weighted by Gasteiger charge is -2.11. The van der Waals surface area contributed by atoms with E-state index < -0.39 is 6.10 Å². The quantitative estimate of drug-likeness (QED) is 0.418. The van der Waals surface area contributed by atoms with Gasteiger partial charge in [0.25, 0.3) is 0 Å². The van der Waals surface area contributed by atoms with Crippen molar-refractivity contribution in [3.05, 3.63) is 59.4 Å². The van der Waals surface area contributed by atoms with Gasteiger partial charge in [0.05, 0.1) is 30.0 Å². The number of aromatic nitrogens is 4. The van der Waals surface area contributed by atoms with Crippen molar-refractivity contribution in [2.75, 3.05) is 11.1 Å². The molecule has 1 atom stereocenters. The van der Waals surface area contributed by atoms with Gasteiger partial charge in [-0.05, 0) is 61.7 Å². The van der Waals surface area contributed by atoms with Crippen LogP contribution in [0.25, 0.3) is 11.0 Å². The maximum Gasteiger partial charge on any atom is 0.210 e. The molecular weight excluding hydrogens is 402 g/mol. The highest BCUT2D eigenvalue weighted by Crippen LogP contribution is 2.28. The summed E-state index contributed by atoms with van der Waals surface area (Å²) in [6.07, 6.45) is 1.29. The minimum absolute atomic E-state index is 0.499. The fourth-order valence-corrected chi connectivity index (χ4v) is 4.78. The van der Waals surface area contributed by atoms with E-state index in [0.717, 1.165) is 26.2 Å². The highest BCUT2D eigenvalue weighted by atomic mass is 32.2. The monoisotopic (exact) mass is 425 g/mol. The molecule has 6 nitrogen and oxygen atoms in total. The summed E-state index contributed by atoms with van der Waals surface area (Å²) in [5.41, 5.74) is 6.65. The third-order valence-electron chi connectivity index (χ3n) is 4.72. The number of nitrogens with one attached hydrogen (secondary N) is 1. The first-order valence-electron chi connectivity index (χ1n) is 9.38. The van der Waals surface area contributed by atoms with Gasteiger partial charge in [0.1, 0.15) is 0 Å². The third-order valence-corrected chi connectivity index (χ3v) is 6.84. The molecule has 1 unspecified atom stereocenters. The van der Waals surface area contributed by atoms with Crippen LogP contribution >= 0.6 is 23.1 Å². The van der Waals surface area contributed by atoms with Crippen LogP contribution in [0.1, 0.15) is 16.7 Å². The second-order valence-electron chi connectivity index (χ2n) is 7.15. The maximum atomic E-state index is 10.5. The van der Waals surface area contributed by atoms with Crippen molar-refractivity contribution in [3.8, 4) is 0 Å². The number of aliphatic hydroxyl groups is 1. The second kappa shape index (κ2) is 8.52. The van der Waals surface area contributed by atoms with E-state index in [9.17, 15) is 5.11 Å². The fraction of sp³-hybridized carbons (Fsp3) is 0.286. The largest absolute Gasteiger partial charge is 0.390 e. The molecule has 0 saturated heterocycles. The van der Waals surface area contributed by atoms with Crippen LogP contribution in [0.4, 0.5) is 10.8 Å². The Hall–Kier alpha value is -2.42. The van der Waals surface area contributed by atoms with Crippen LogP contribution in [0.15, 0.2) is 47.1 Å². The van der Waals surface area contributed by atoms with Crippen molar-refractivity contribution in [1.82, 2.24) is 19.7 Å². The second-order valence-corrected chi connectivity index (χ2v) is 9.40. The van der Waals surface area contributed by atoms with Crippen molar-refractivity contribution >= 4 is 45.0 Å². The van der Waals surface area contributed by atoms with Gasteiger partial charge >= 0.3 is 0 Å². The van der Waals surface area contributed by atoms with Crippen molar-refractivity contribution in [1.29, 1.82) is 0 Å². The van der Waals surface area contributed by atoms with Crippen molar-refractivity contribution in [2.45, 2.75) is 37.8 Å². The van der Waals surface area contributed by atoms with E-state index >= 15 is 0 Å². The summed E-state index contributed by atoms with van der Waals surface area (Å²) in [7, 11) is 0. The molecule has 2 aromatic heterocycles. The van der Waals surface area contributed by atoms with E-state index in [1.165, 1.54) is 39.8 Å². The molecule has 2 N–H and O–H groups in total. The van der Waals surface area contributed by atoms with Gasteiger partial charge in [-0.15, -0.1) is 10.2 Å². The molecule has 0 fully saturated rings. The molecule has 0 aliphatic heterocycles. The van der Waals surface area contributed by atoms with Crippen LogP contribution in [0, 0.1) is 20.8 Å².